The van der Waals surface area contributed by atoms with Crippen LogP contribution in [0.25, 0.3) is 5.65 Å². The van der Waals surface area contributed by atoms with E-state index in [2.05, 4.69) is 4.98 Å². The highest BCUT2D eigenvalue weighted by Crippen LogP contribution is 2.33. The molecule has 0 unspecified atom stereocenters. The zero-order valence-electron chi connectivity index (χ0n) is 8.18. The normalized spacial score (nSPS) is 11.9. The number of aromatic nitrogens is 2. The molecule has 0 amide bonds. The Labute approximate surface area is 93.9 Å². The number of carboxylic acids is 1. The van der Waals surface area contributed by atoms with Crippen molar-refractivity contribution in [1.29, 1.82) is 0 Å². The summed E-state index contributed by atoms with van der Waals surface area (Å²) in [6.45, 7) is 0. The lowest BCUT2D eigenvalue weighted by Gasteiger charge is -2.01. The molecule has 0 radical (unpaired) electrons. The summed E-state index contributed by atoms with van der Waals surface area (Å²) in [5.41, 5.74) is -1.03. The van der Waals surface area contributed by atoms with Crippen LogP contribution in [0.15, 0.2) is 18.3 Å². The van der Waals surface area contributed by atoms with E-state index in [1.807, 2.05) is 0 Å². The van der Waals surface area contributed by atoms with Crippen molar-refractivity contribution in [3.63, 3.8) is 0 Å². The highest BCUT2D eigenvalue weighted by Gasteiger charge is 2.24. The lowest BCUT2D eigenvalue weighted by atomic mass is 10.3. The number of imidazole rings is 1. The zero-order chi connectivity index (χ0) is 12.8. The first kappa shape index (κ1) is 11.6. The molecule has 0 bridgehead atoms. The van der Waals surface area contributed by atoms with Crippen LogP contribution in [0.2, 0.25) is 0 Å². The van der Waals surface area contributed by atoms with Crippen molar-refractivity contribution in [1.82, 2.24) is 9.38 Å². The second kappa shape index (κ2) is 3.56. The van der Waals surface area contributed by atoms with Crippen molar-refractivity contribution in [3.8, 4) is 5.75 Å². The van der Waals surface area contributed by atoms with Crippen molar-refractivity contribution >= 4 is 24.6 Å². The average molecular weight is 258 g/mol. The molecule has 0 saturated heterocycles. The summed E-state index contributed by atoms with van der Waals surface area (Å²) < 4.78 is 11.9. The number of aromatic hydroxyl groups is 1. The van der Waals surface area contributed by atoms with Crippen LogP contribution in [0.3, 0.4) is 0 Å². The number of hydrogen-bond donors (Lipinski definition) is 4. The van der Waals surface area contributed by atoms with Gasteiger partial charge in [-0.25, -0.2) is 9.78 Å². The van der Waals surface area contributed by atoms with Gasteiger partial charge in [0.15, 0.2) is 11.1 Å². The summed E-state index contributed by atoms with van der Waals surface area (Å²) in [5.74, 6) is -1.94. The monoisotopic (exact) mass is 258 g/mol. The molecule has 2 heterocycles. The van der Waals surface area contributed by atoms with Gasteiger partial charge in [0.1, 0.15) is 11.4 Å². The Balaban J connectivity index is 2.82. The highest BCUT2D eigenvalue weighted by atomic mass is 31.2. The molecule has 9 heteroatoms. The van der Waals surface area contributed by atoms with Crippen molar-refractivity contribution < 1.29 is 29.4 Å². The predicted molar refractivity (Wildman–Crippen MR) is 55.5 cm³/mol. The third-order valence-electron chi connectivity index (χ3n) is 2.10. The van der Waals surface area contributed by atoms with Crippen molar-refractivity contribution in [2.24, 2.45) is 0 Å². The lowest BCUT2D eigenvalue weighted by molar-refractivity contribution is 0.0685. The van der Waals surface area contributed by atoms with E-state index in [9.17, 15) is 14.5 Å². The standard InChI is InChI=1S/C8H7N2O6P/c11-4-1-2-5-9-6(17(14,15)16)3-10(5)7(4)8(12)13/h1-3,11H,(H,12,13)(H2,14,15,16). The van der Waals surface area contributed by atoms with Gasteiger partial charge >= 0.3 is 13.6 Å². The van der Waals surface area contributed by atoms with E-state index in [1.54, 1.807) is 0 Å². The van der Waals surface area contributed by atoms with Gasteiger partial charge in [0.05, 0.1) is 0 Å². The number of carbonyl (C=O) groups is 1. The maximum atomic E-state index is 11.0. The third-order valence-corrected chi connectivity index (χ3v) is 2.91. The van der Waals surface area contributed by atoms with Gasteiger partial charge in [0.25, 0.3) is 0 Å². The summed E-state index contributed by atoms with van der Waals surface area (Å²) in [7, 11) is -4.56. The first-order valence-corrected chi connectivity index (χ1v) is 5.92. The molecule has 0 saturated carbocycles. The predicted octanol–water partition coefficient (Wildman–Crippen LogP) is -0.459. The number of pyridine rings is 1. The quantitative estimate of drug-likeness (QED) is 0.536. The van der Waals surface area contributed by atoms with E-state index < -0.39 is 30.4 Å². The fourth-order valence-electron chi connectivity index (χ4n) is 1.39. The molecule has 0 spiro atoms. The van der Waals surface area contributed by atoms with E-state index in [-0.39, 0.29) is 5.65 Å². The summed E-state index contributed by atoms with van der Waals surface area (Å²) in [5, 5.41) is 18.2. The number of carboxylic acid groups (broad SMARTS) is 1. The molecule has 0 aliphatic heterocycles. The number of rotatable bonds is 2. The Morgan fingerprint density at radius 2 is 2.00 bits per heavy atom. The van der Waals surface area contributed by atoms with Crippen LogP contribution in [0.5, 0.6) is 5.75 Å². The van der Waals surface area contributed by atoms with Crippen LogP contribution in [-0.4, -0.2) is 35.4 Å². The van der Waals surface area contributed by atoms with Gasteiger partial charge in [-0.05, 0) is 12.1 Å². The minimum absolute atomic E-state index is 0.0264. The molecule has 0 aliphatic carbocycles. The minimum Gasteiger partial charge on any atom is -0.505 e. The van der Waals surface area contributed by atoms with E-state index in [0.717, 1.165) is 16.7 Å². The molecule has 0 atom stereocenters. The van der Waals surface area contributed by atoms with E-state index in [0.29, 0.717) is 0 Å². The van der Waals surface area contributed by atoms with Crippen molar-refractivity contribution in [2.45, 2.75) is 0 Å². The highest BCUT2D eigenvalue weighted by molar-refractivity contribution is 7.60. The molecule has 90 valence electrons. The summed E-state index contributed by atoms with van der Waals surface area (Å²) >= 11 is 0. The van der Waals surface area contributed by atoms with Gasteiger partial charge in [-0.2, -0.15) is 0 Å². The molecule has 2 aromatic rings. The molecule has 2 aromatic heterocycles. The molecule has 0 aliphatic rings. The van der Waals surface area contributed by atoms with Gasteiger partial charge in [0.2, 0.25) is 0 Å². The summed E-state index contributed by atoms with van der Waals surface area (Å²) in [6.07, 6.45) is 0.888. The molecular formula is C8H7N2O6P. The maximum Gasteiger partial charge on any atom is 0.376 e. The smallest absolute Gasteiger partial charge is 0.376 e. The Kier molecular flexibility index (Phi) is 2.43. The fourth-order valence-corrected chi connectivity index (χ4v) is 1.89. The maximum absolute atomic E-state index is 11.0. The molecule has 0 aromatic carbocycles. The Morgan fingerprint density at radius 1 is 1.35 bits per heavy atom. The Morgan fingerprint density at radius 3 is 2.53 bits per heavy atom. The van der Waals surface area contributed by atoms with E-state index in [1.165, 1.54) is 6.07 Å². The van der Waals surface area contributed by atoms with Gasteiger partial charge in [0, 0.05) is 6.20 Å². The second-order valence-corrected chi connectivity index (χ2v) is 4.79. The van der Waals surface area contributed by atoms with Crippen LogP contribution >= 0.6 is 7.60 Å². The number of fused-ring (bicyclic) bond motifs is 1. The summed E-state index contributed by atoms with van der Waals surface area (Å²) in [4.78, 5) is 32.3. The van der Waals surface area contributed by atoms with Crippen molar-refractivity contribution in [3.05, 3.63) is 24.0 Å². The van der Waals surface area contributed by atoms with Gasteiger partial charge < -0.3 is 20.0 Å². The average Bonchev–Trinajstić information content (AvgIpc) is 2.59. The molecule has 2 rings (SSSR count). The first-order chi connectivity index (χ1) is 7.80. The Hall–Kier alpha value is -1.89. The van der Waals surface area contributed by atoms with Crippen LogP contribution in [0, 0.1) is 0 Å². The molecule has 8 nitrogen and oxygen atoms in total. The first-order valence-electron chi connectivity index (χ1n) is 4.31. The molecular weight excluding hydrogens is 251 g/mol. The second-order valence-electron chi connectivity index (χ2n) is 3.24. The minimum atomic E-state index is -4.56. The van der Waals surface area contributed by atoms with Crippen molar-refractivity contribution in [2.75, 3.05) is 0 Å². The fraction of sp³-hybridized carbons (Fsp3) is 0. The van der Waals surface area contributed by atoms with Gasteiger partial charge in [-0.3, -0.25) is 8.97 Å². The number of nitrogens with zero attached hydrogens (tertiary/aromatic N) is 2. The molecule has 0 fully saturated rings. The van der Waals surface area contributed by atoms with Crippen LogP contribution in [0.4, 0.5) is 0 Å². The summed E-state index contributed by atoms with van der Waals surface area (Å²) in [6, 6.07) is 2.34. The lowest BCUT2D eigenvalue weighted by Crippen LogP contribution is -2.06. The van der Waals surface area contributed by atoms with E-state index in [4.69, 9.17) is 14.9 Å². The van der Waals surface area contributed by atoms with E-state index >= 15 is 0 Å². The SMILES string of the molecule is O=C(O)c1c(O)ccc2nc(P(=O)(O)O)cn12. The largest absolute Gasteiger partial charge is 0.505 e. The van der Waals surface area contributed by atoms with Gasteiger partial charge in [-0.1, -0.05) is 0 Å². The Bertz CT molecular complexity index is 657. The van der Waals surface area contributed by atoms with Crippen LogP contribution in [-0.2, 0) is 4.57 Å². The number of hydrogen-bond acceptors (Lipinski definition) is 4. The number of aromatic carboxylic acids is 1. The van der Waals surface area contributed by atoms with Gasteiger partial charge in [-0.15, -0.1) is 0 Å². The molecule has 17 heavy (non-hydrogen) atoms. The molecule has 4 N–H and O–H groups in total. The van der Waals surface area contributed by atoms with Crippen LogP contribution in [0.1, 0.15) is 10.5 Å². The van der Waals surface area contributed by atoms with Crippen LogP contribution < -0.4 is 5.44 Å². The topological polar surface area (TPSA) is 132 Å². The third kappa shape index (κ3) is 1.89. The zero-order valence-corrected chi connectivity index (χ0v) is 9.07.